The molecule has 0 aliphatic heterocycles. The Bertz CT molecular complexity index is 112. The van der Waals surface area contributed by atoms with Gasteiger partial charge in [-0.3, -0.25) is 4.79 Å². The van der Waals surface area contributed by atoms with E-state index in [4.69, 9.17) is 5.73 Å². The fourth-order valence-electron chi connectivity index (χ4n) is 0.513. The second kappa shape index (κ2) is 4.28. The topological polar surface area (TPSA) is 55.1 Å². The lowest BCUT2D eigenvalue weighted by atomic mass is 10.1. The van der Waals surface area contributed by atoms with Gasteiger partial charge >= 0.3 is 0 Å². The molecule has 0 aromatic rings. The molecule has 0 bridgehead atoms. The Balaban J connectivity index is 3.40. The number of amides is 1. The maximum absolute atomic E-state index is 10.5. The molecule has 0 spiro atoms. The third-order valence-corrected chi connectivity index (χ3v) is 1.32. The highest BCUT2D eigenvalue weighted by Gasteiger charge is 2.07. The van der Waals surface area contributed by atoms with Crippen molar-refractivity contribution in [1.82, 2.24) is 5.32 Å². The summed E-state index contributed by atoms with van der Waals surface area (Å²) in [5.41, 5.74) is 5.04. The van der Waals surface area contributed by atoms with Gasteiger partial charge in [0.25, 0.3) is 0 Å². The van der Waals surface area contributed by atoms with Crippen molar-refractivity contribution < 1.29 is 4.79 Å². The Morgan fingerprint density at radius 1 is 1.50 bits per heavy atom. The summed E-state index contributed by atoms with van der Waals surface area (Å²) in [7, 11) is 0. The average Bonchev–Trinajstić information content (AvgIpc) is 1.82. The monoisotopic (exact) mass is 144 g/mol. The van der Waals surface area contributed by atoms with Crippen molar-refractivity contribution in [2.45, 2.75) is 26.8 Å². The molecular formula is C7H16N2O. The van der Waals surface area contributed by atoms with Crippen LogP contribution in [0.3, 0.4) is 0 Å². The Morgan fingerprint density at radius 2 is 2.00 bits per heavy atom. The van der Waals surface area contributed by atoms with Crippen molar-refractivity contribution in [2.24, 2.45) is 11.7 Å². The molecule has 0 aromatic heterocycles. The number of carbonyl (C=O) groups is 1. The van der Waals surface area contributed by atoms with Gasteiger partial charge in [-0.1, -0.05) is 20.8 Å². The normalized spacial score (nSPS) is 13.6. The summed E-state index contributed by atoms with van der Waals surface area (Å²) in [6, 6.07) is 0.418. The van der Waals surface area contributed by atoms with Crippen molar-refractivity contribution in [2.75, 3.05) is 6.54 Å². The van der Waals surface area contributed by atoms with E-state index in [9.17, 15) is 4.79 Å². The first kappa shape index (κ1) is 9.43. The fourth-order valence-corrected chi connectivity index (χ4v) is 0.513. The lowest BCUT2D eigenvalue weighted by Crippen LogP contribution is -2.34. The maximum atomic E-state index is 10.5. The van der Waals surface area contributed by atoms with Crippen molar-refractivity contribution in [3.8, 4) is 0 Å². The Kier molecular flexibility index (Phi) is 4.03. The van der Waals surface area contributed by atoms with Crippen molar-refractivity contribution in [1.29, 1.82) is 0 Å². The minimum absolute atomic E-state index is 0.0672. The maximum Gasteiger partial charge on any atom is 0.221 e. The summed E-state index contributed by atoms with van der Waals surface area (Å²) in [6.07, 6.45) is 0. The molecule has 0 heterocycles. The van der Waals surface area contributed by atoms with Crippen LogP contribution in [0.15, 0.2) is 0 Å². The van der Waals surface area contributed by atoms with Crippen LogP contribution in [-0.4, -0.2) is 18.5 Å². The second-order valence-corrected chi connectivity index (χ2v) is 2.87. The number of rotatable bonds is 4. The first-order valence-electron chi connectivity index (χ1n) is 3.56. The van der Waals surface area contributed by atoms with Gasteiger partial charge in [0.05, 0.1) is 0 Å². The number of hydrogen-bond donors (Lipinski definition) is 2. The van der Waals surface area contributed by atoms with E-state index in [0.29, 0.717) is 12.6 Å². The molecule has 1 amide bonds. The molecule has 10 heavy (non-hydrogen) atoms. The third kappa shape index (κ3) is 4.32. The number of primary amides is 1. The minimum Gasteiger partial charge on any atom is -0.369 e. The molecule has 0 radical (unpaired) electrons. The first-order valence-corrected chi connectivity index (χ1v) is 3.56. The standard InChI is InChI=1S/C7H16N2O/c1-5(2)9-4-6(3)7(8)10/h5-6,9H,4H2,1-3H3,(H2,8,10). The summed E-state index contributed by atoms with van der Waals surface area (Å²) in [6.45, 7) is 6.56. The van der Waals surface area contributed by atoms with Crippen LogP contribution in [0.4, 0.5) is 0 Å². The second-order valence-electron chi connectivity index (χ2n) is 2.87. The van der Waals surface area contributed by atoms with Crippen LogP contribution in [0.1, 0.15) is 20.8 Å². The van der Waals surface area contributed by atoms with Gasteiger partial charge in [-0.15, -0.1) is 0 Å². The molecule has 0 aromatic carbocycles. The van der Waals surface area contributed by atoms with E-state index in [1.807, 2.05) is 20.8 Å². The van der Waals surface area contributed by atoms with Gasteiger partial charge in [-0.25, -0.2) is 0 Å². The van der Waals surface area contributed by atoms with Crippen LogP contribution in [0.5, 0.6) is 0 Å². The SMILES string of the molecule is CC(C)NCC(C)C(N)=O. The number of nitrogens with two attached hydrogens (primary N) is 1. The lowest BCUT2D eigenvalue weighted by Gasteiger charge is -2.10. The van der Waals surface area contributed by atoms with Gasteiger partial charge in [0, 0.05) is 18.5 Å². The molecule has 0 aliphatic rings. The zero-order chi connectivity index (χ0) is 8.15. The van der Waals surface area contributed by atoms with Crippen molar-refractivity contribution >= 4 is 5.91 Å². The number of nitrogens with one attached hydrogen (secondary N) is 1. The molecule has 1 atom stereocenters. The van der Waals surface area contributed by atoms with Crippen LogP contribution in [0.25, 0.3) is 0 Å². The molecule has 3 nitrogen and oxygen atoms in total. The molecule has 0 saturated heterocycles. The van der Waals surface area contributed by atoms with Gasteiger partial charge in [-0.05, 0) is 0 Å². The molecule has 3 heteroatoms. The van der Waals surface area contributed by atoms with E-state index in [-0.39, 0.29) is 11.8 Å². The van der Waals surface area contributed by atoms with Gasteiger partial charge < -0.3 is 11.1 Å². The Hall–Kier alpha value is -0.570. The van der Waals surface area contributed by atoms with Gasteiger partial charge in [0.15, 0.2) is 0 Å². The predicted octanol–water partition coefficient (Wildman–Crippen LogP) is 0.106. The van der Waals surface area contributed by atoms with Gasteiger partial charge in [0.1, 0.15) is 0 Å². The largest absolute Gasteiger partial charge is 0.369 e. The number of carbonyl (C=O) groups excluding carboxylic acids is 1. The number of hydrogen-bond acceptors (Lipinski definition) is 2. The summed E-state index contributed by atoms with van der Waals surface area (Å²) >= 11 is 0. The summed E-state index contributed by atoms with van der Waals surface area (Å²) < 4.78 is 0. The molecule has 0 saturated carbocycles. The average molecular weight is 144 g/mol. The lowest BCUT2D eigenvalue weighted by molar-refractivity contribution is -0.121. The summed E-state index contributed by atoms with van der Waals surface area (Å²) in [4.78, 5) is 10.5. The van der Waals surface area contributed by atoms with E-state index >= 15 is 0 Å². The van der Waals surface area contributed by atoms with Crippen molar-refractivity contribution in [3.63, 3.8) is 0 Å². The Labute approximate surface area is 62.0 Å². The van der Waals surface area contributed by atoms with E-state index in [2.05, 4.69) is 5.32 Å². The summed E-state index contributed by atoms with van der Waals surface area (Å²) in [5.74, 6) is -0.310. The van der Waals surface area contributed by atoms with E-state index in [1.165, 1.54) is 0 Å². The quantitative estimate of drug-likeness (QED) is 0.588. The van der Waals surface area contributed by atoms with Crippen LogP contribution >= 0.6 is 0 Å². The van der Waals surface area contributed by atoms with E-state index in [1.54, 1.807) is 0 Å². The van der Waals surface area contributed by atoms with Gasteiger partial charge in [0.2, 0.25) is 5.91 Å². The predicted molar refractivity (Wildman–Crippen MR) is 41.5 cm³/mol. The van der Waals surface area contributed by atoms with Crippen molar-refractivity contribution in [3.05, 3.63) is 0 Å². The Morgan fingerprint density at radius 3 is 2.30 bits per heavy atom. The van der Waals surface area contributed by atoms with Crippen LogP contribution in [0, 0.1) is 5.92 Å². The third-order valence-electron chi connectivity index (χ3n) is 1.32. The molecular weight excluding hydrogens is 128 g/mol. The van der Waals surface area contributed by atoms with Crippen LogP contribution in [-0.2, 0) is 4.79 Å². The summed E-state index contributed by atoms with van der Waals surface area (Å²) in [5, 5.41) is 3.13. The molecule has 1 unspecified atom stereocenters. The highest BCUT2D eigenvalue weighted by Crippen LogP contribution is 1.90. The van der Waals surface area contributed by atoms with Crippen LogP contribution in [0.2, 0.25) is 0 Å². The zero-order valence-corrected chi connectivity index (χ0v) is 6.85. The molecule has 0 fully saturated rings. The van der Waals surface area contributed by atoms with E-state index < -0.39 is 0 Å². The molecule has 0 aliphatic carbocycles. The fraction of sp³-hybridized carbons (Fsp3) is 0.857. The molecule has 60 valence electrons. The van der Waals surface area contributed by atoms with Crippen LogP contribution < -0.4 is 11.1 Å². The molecule has 3 N–H and O–H groups in total. The molecule has 0 rings (SSSR count). The zero-order valence-electron chi connectivity index (χ0n) is 6.85. The smallest absolute Gasteiger partial charge is 0.221 e. The highest BCUT2D eigenvalue weighted by molar-refractivity contribution is 5.76. The minimum atomic E-state index is -0.242. The van der Waals surface area contributed by atoms with Gasteiger partial charge in [-0.2, -0.15) is 0 Å². The first-order chi connectivity index (χ1) is 4.54. The highest BCUT2D eigenvalue weighted by atomic mass is 16.1. The van der Waals surface area contributed by atoms with E-state index in [0.717, 1.165) is 0 Å².